The topological polar surface area (TPSA) is 78.9 Å². The van der Waals surface area contributed by atoms with Gasteiger partial charge in [0.05, 0.1) is 10.6 Å². The molecule has 1 unspecified atom stereocenters. The van der Waals surface area contributed by atoms with E-state index in [0.29, 0.717) is 16.3 Å². The highest BCUT2D eigenvalue weighted by atomic mass is 35.5. The van der Waals surface area contributed by atoms with Gasteiger partial charge in [0.15, 0.2) is 0 Å². The summed E-state index contributed by atoms with van der Waals surface area (Å²) in [5.41, 5.74) is 6.75. The maximum Gasteiger partial charge on any atom is 0.225 e. The van der Waals surface area contributed by atoms with E-state index in [1.54, 1.807) is 18.2 Å². The smallest absolute Gasteiger partial charge is 0.225 e. The quantitative estimate of drug-likeness (QED) is 0.859. The fraction of sp³-hybridized carbons (Fsp3) is 0.385. The van der Waals surface area contributed by atoms with Crippen LogP contribution in [0.2, 0.25) is 5.02 Å². The number of nitrogens with two attached hydrogens (primary N) is 1. The third kappa shape index (κ3) is 4.36. The lowest BCUT2D eigenvalue weighted by Crippen LogP contribution is -2.26. The van der Waals surface area contributed by atoms with Gasteiger partial charge in [0.25, 0.3) is 0 Å². The van der Waals surface area contributed by atoms with Gasteiger partial charge in [-0.3, -0.25) is 4.79 Å². The molecule has 0 saturated carbocycles. The second kappa shape index (κ2) is 7.00. The molecule has 3 N–H and O–H groups in total. The van der Waals surface area contributed by atoms with Gasteiger partial charge in [0.2, 0.25) is 5.91 Å². The maximum atomic E-state index is 11.7. The van der Waals surface area contributed by atoms with Crippen LogP contribution in [0.3, 0.4) is 0 Å². The summed E-state index contributed by atoms with van der Waals surface area (Å²) in [7, 11) is 0. The number of nitrogens with one attached hydrogen (secondary N) is 1. The highest BCUT2D eigenvalue weighted by Gasteiger charge is 2.09. The molecule has 4 nitrogen and oxygen atoms in total. The predicted octanol–water partition coefficient (Wildman–Crippen LogP) is 2.67. The summed E-state index contributed by atoms with van der Waals surface area (Å²) >= 11 is 5.87. The average molecular weight is 266 g/mol. The number of rotatable bonds is 5. The molecule has 1 aromatic rings. The fourth-order valence-corrected chi connectivity index (χ4v) is 1.83. The van der Waals surface area contributed by atoms with Crippen molar-refractivity contribution < 1.29 is 4.79 Å². The molecular weight excluding hydrogens is 250 g/mol. The Morgan fingerprint density at radius 1 is 1.61 bits per heavy atom. The first-order valence-corrected chi connectivity index (χ1v) is 6.19. The Bertz CT molecular complexity index is 468. The van der Waals surface area contributed by atoms with Crippen LogP contribution >= 0.6 is 11.6 Å². The molecule has 0 aliphatic heterocycles. The van der Waals surface area contributed by atoms with E-state index in [4.69, 9.17) is 22.6 Å². The average Bonchev–Trinajstić information content (AvgIpc) is 2.29. The minimum Gasteiger partial charge on any atom is -0.327 e. The lowest BCUT2D eigenvalue weighted by Gasteiger charge is -2.10. The molecule has 1 atom stereocenters. The van der Waals surface area contributed by atoms with Crippen LogP contribution in [0, 0.1) is 11.3 Å². The molecule has 0 aliphatic rings. The van der Waals surface area contributed by atoms with Crippen LogP contribution in [0.25, 0.3) is 0 Å². The first-order chi connectivity index (χ1) is 8.56. The van der Waals surface area contributed by atoms with Crippen molar-refractivity contribution >= 4 is 23.2 Å². The zero-order valence-electron chi connectivity index (χ0n) is 10.2. The number of halogens is 1. The van der Waals surface area contributed by atoms with E-state index >= 15 is 0 Å². The highest BCUT2D eigenvalue weighted by Crippen LogP contribution is 2.20. The number of carbonyl (C=O) groups excluding carboxylic acids is 1. The van der Waals surface area contributed by atoms with E-state index in [9.17, 15) is 4.79 Å². The summed E-state index contributed by atoms with van der Waals surface area (Å²) in [6, 6.07) is 6.62. The third-order valence-electron chi connectivity index (χ3n) is 2.48. The minimum absolute atomic E-state index is 0.121. The molecule has 5 heteroatoms. The Kier molecular flexibility index (Phi) is 5.63. The van der Waals surface area contributed by atoms with E-state index in [0.717, 1.165) is 12.8 Å². The summed E-state index contributed by atoms with van der Waals surface area (Å²) in [5.74, 6) is -0.142. The van der Waals surface area contributed by atoms with Crippen LogP contribution in [0.1, 0.15) is 31.7 Å². The summed E-state index contributed by atoms with van der Waals surface area (Å²) in [6.45, 7) is 2.03. The number of anilines is 1. The SMILES string of the molecule is CCCC(N)CC(=O)Nc1ccc(C#N)c(Cl)c1. The lowest BCUT2D eigenvalue weighted by molar-refractivity contribution is -0.116. The largest absolute Gasteiger partial charge is 0.327 e. The molecule has 96 valence electrons. The molecule has 0 heterocycles. The number of hydrogen-bond acceptors (Lipinski definition) is 3. The number of nitrogens with zero attached hydrogens (tertiary/aromatic N) is 1. The van der Waals surface area contributed by atoms with Gasteiger partial charge in [-0.05, 0) is 24.6 Å². The van der Waals surface area contributed by atoms with Crippen LogP contribution in [0.4, 0.5) is 5.69 Å². The number of benzene rings is 1. The van der Waals surface area contributed by atoms with Crippen molar-refractivity contribution in [2.45, 2.75) is 32.2 Å². The maximum absolute atomic E-state index is 11.7. The molecule has 0 spiro atoms. The van der Waals surface area contributed by atoms with Gasteiger partial charge in [-0.15, -0.1) is 0 Å². The van der Waals surface area contributed by atoms with Gasteiger partial charge < -0.3 is 11.1 Å². The monoisotopic (exact) mass is 265 g/mol. The van der Waals surface area contributed by atoms with Gasteiger partial charge in [-0.25, -0.2) is 0 Å². The number of nitriles is 1. The molecule has 0 bridgehead atoms. The van der Waals surface area contributed by atoms with Gasteiger partial charge in [0, 0.05) is 18.2 Å². The van der Waals surface area contributed by atoms with Crippen molar-refractivity contribution in [2.75, 3.05) is 5.32 Å². The Labute approximate surface area is 112 Å². The van der Waals surface area contributed by atoms with Gasteiger partial charge in [-0.2, -0.15) is 5.26 Å². The number of amides is 1. The fourth-order valence-electron chi connectivity index (χ4n) is 1.61. The van der Waals surface area contributed by atoms with Crippen molar-refractivity contribution in [2.24, 2.45) is 5.73 Å². The van der Waals surface area contributed by atoms with Gasteiger partial charge in [-0.1, -0.05) is 24.9 Å². The summed E-state index contributed by atoms with van der Waals surface area (Å²) in [6.07, 6.45) is 2.06. The molecule has 1 amide bonds. The molecule has 1 aromatic carbocycles. The molecule has 0 aliphatic carbocycles. The first kappa shape index (κ1) is 14.5. The van der Waals surface area contributed by atoms with Crippen molar-refractivity contribution in [3.63, 3.8) is 0 Å². The van der Waals surface area contributed by atoms with Crippen molar-refractivity contribution in [1.29, 1.82) is 5.26 Å². The molecule has 0 saturated heterocycles. The summed E-state index contributed by atoms with van der Waals surface area (Å²) in [4.78, 5) is 11.7. The molecule has 0 aromatic heterocycles. The molecular formula is C13H16ClN3O. The van der Waals surface area contributed by atoms with E-state index < -0.39 is 0 Å². The van der Waals surface area contributed by atoms with Gasteiger partial charge in [0.1, 0.15) is 6.07 Å². The lowest BCUT2D eigenvalue weighted by atomic mass is 10.1. The van der Waals surface area contributed by atoms with E-state index in [-0.39, 0.29) is 18.4 Å². The Balaban J connectivity index is 2.60. The third-order valence-corrected chi connectivity index (χ3v) is 2.79. The number of hydrogen-bond donors (Lipinski definition) is 2. The number of carbonyl (C=O) groups is 1. The van der Waals surface area contributed by atoms with E-state index in [1.165, 1.54) is 0 Å². The van der Waals surface area contributed by atoms with Crippen LogP contribution in [0.15, 0.2) is 18.2 Å². The van der Waals surface area contributed by atoms with E-state index in [1.807, 2.05) is 13.0 Å². The van der Waals surface area contributed by atoms with Crippen LogP contribution in [-0.4, -0.2) is 11.9 Å². The zero-order chi connectivity index (χ0) is 13.5. The van der Waals surface area contributed by atoms with Gasteiger partial charge >= 0.3 is 0 Å². The zero-order valence-corrected chi connectivity index (χ0v) is 11.0. The highest BCUT2D eigenvalue weighted by molar-refractivity contribution is 6.32. The Morgan fingerprint density at radius 3 is 2.89 bits per heavy atom. The standard InChI is InChI=1S/C13H16ClN3O/c1-2-3-10(16)6-13(18)17-11-5-4-9(8-15)12(14)7-11/h4-5,7,10H,2-3,6,16H2,1H3,(H,17,18). The first-order valence-electron chi connectivity index (χ1n) is 5.82. The van der Waals surface area contributed by atoms with E-state index in [2.05, 4.69) is 5.32 Å². The van der Waals surface area contributed by atoms with Crippen molar-refractivity contribution in [3.8, 4) is 6.07 Å². The molecule has 0 radical (unpaired) electrons. The normalized spacial score (nSPS) is 11.7. The molecule has 0 fully saturated rings. The summed E-state index contributed by atoms with van der Waals surface area (Å²) < 4.78 is 0. The van der Waals surface area contributed by atoms with Crippen molar-refractivity contribution in [3.05, 3.63) is 28.8 Å². The second-order valence-corrected chi connectivity index (χ2v) is 4.51. The molecule has 1 rings (SSSR count). The second-order valence-electron chi connectivity index (χ2n) is 4.11. The van der Waals surface area contributed by atoms with Crippen molar-refractivity contribution in [1.82, 2.24) is 0 Å². The minimum atomic E-state index is -0.142. The van der Waals surface area contributed by atoms with Crippen LogP contribution in [-0.2, 0) is 4.79 Å². The van der Waals surface area contributed by atoms with Crippen LogP contribution < -0.4 is 11.1 Å². The summed E-state index contributed by atoms with van der Waals surface area (Å²) in [5, 5.41) is 11.8. The Morgan fingerprint density at radius 2 is 2.33 bits per heavy atom. The Hall–Kier alpha value is -1.57. The predicted molar refractivity (Wildman–Crippen MR) is 72.3 cm³/mol. The van der Waals surface area contributed by atoms with Crippen LogP contribution in [0.5, 0.6) is 0 Å². The molecule has 18 heavy (non-hydrogen) atoms.